The molecule has 3 rings (SSSR count). The molecule has 1 aliphatic carbocycles. The number of fused-ring (bicyclic) bond motifs is 3. The van der Waals surface area contributed by atoms with Crippen molar-refractivity contribution in [3.05, 3.63) is 40.3 Å². The maximum atomic E-state index is 10.8. The van der Waals surface area contributed by atoms with Crippen LogP contribution >= 0.6 is 11.3 Å². The SMILES string of the molecule is CCC(O)c1cc2c(s1)-c1ccc(OCCCNC(C)=O)cc1CC2. The fourth-order valence-electron chi connectivity index (χ4n) is 3.11. The van der Waals surface area contributed by atoms with Crippen molar-refractivity contribution in [1.82, 2.24) is 5.32 Å². The molecule has 1 aliphatic rings. The Hall–Kier alpha value is -1.85. The molecule has 1 aromatic carbocycles. The van der Waals surface area contributed by atoms with Gasteiger partial charge in [0.25, 0.3) is 0 Å². The summed E-state index contributed by atoms with van der Waals surface area (Å²) in [7, 11) is 0. The number of rotatable bonds is 7. The largest absolute Gasteiger partial charge is 0.494 e. The van der Waals surface area contributed by atoms with E-state index in [0.29, 0.717) is 13.2 Å². The van der Waals surface area contributed by atoms with E-state index in [4.69, 9.17) is 4.74 Å². The van der Waals surface area contributed by atoms with Crippen LogP contribution in [0.5, 0.6) is 5.75 Å². The van der Waals surface area contributed by atoms with E-state index in [-0.39, 0.29) is 12.0 Å². The smallest absolute Gasteiger partial charge is 0.216 e. The van der Waals surface area contributed by atoms with Gasteiger partial charge < -0.3 is 15.2 Å². The van der Waals surface area contributed by atoms with E-state index < -0.39 is 0 Å². The van der Waals surface area contributed by atoms with Crippen LogP contribution in [0.15, 0.2) is 24.3 Å². The molecule has 1 amide bonds. The molecule has 0 spiro atoms. The summed E-state index contributed by atoms with van der Waals surface area (Å²) in [6.45, 7) is 4.76. The molecule has 1 atom stereocenters. The Kier molecular flexibility index (Phi) is 5.76. The Bertz CT molecular complexity index is 753. The number of aryl methyl sites for hydroxylation is 2. The van der Waals surface area contributed by atoms with Gasteiger partial charge in [-0.3, -0.25) is 4.79 Å². The number of aliphatic hydroxyl groups is 1. The Balaban J connectivity index is 1.68. The Labute approximate surface area is 152 Å². The molecular formula is C20H25NO3S. The molecule has 0 saturated carbocycles. The van der Waals surface area contributed by atoms with E-state index >= 15 is 0 Å². The summed E-state index contributed by atoms with van der Waals surface area (Å²) in [5, 5.41) is 12.9. The summed E-state index contributed by atoms with van der Waals surface area (Å²) in [4.78, 5) is 13.2. The monoisotopic (exact) mass is 359 g/mol. The van der Waals surface area contributed by atoms with Gasteiger partial charge in [0.1, 0.15) is 5.75 Å². The Morgan fingerprint density at radius 2 is 2.12 bits per heavy atom. The van der Waals surface area contributed by atoms with Crippen LogP contribution in [-0.4, -0.2) is 24.2 Å². The van der Waals surface area contributed by atoms with Crippen LogP contribution in [0.25, 0.3) is 10.4 Å². The van der Waals surface area contributed by atoms with Gasteiger partial charge in [0, 0.05) is 23.2 Å². The van der Waals surface area contributed by atoms with Gasteiger partial charge in [0.15, 0.2) is 0 Å². The molecule has 4 nitrogen and oxygen atoms in total. The molecule has 0 saturated heterocycles. The van der Waals surface area contributed by atoms with Crippen LogP contribution in [0, 0.1) is 0 Å². The van der Waals surface area contributed by atoms with Crippen molar-refractivity contribution >= 4 is 17.2 Å². The highest BCUT2D eigenvalue weighted by atomic mass is 32.1. The predicted molar refractivity (Wildman–Crippen MR) is 101 cm³/mol. The number of thiophene rings is 1. The first-order valence-corrected chi connectivity index (χ1v) is 9.71. The second-order valence-electron chi connectivity index (χ2n) is 6.43. The van der Waals surface area contributed by atoms with Crippen LogP contribution in [0.4, 0.5) is 0 Å². The van der Waals surface area contributed by atoms with Gasteiger partial charge in [0.05, 0.1) is 12.7 Å². The summed E-state index contributed by atoms with van der Waals surface area (Å²) in [5.74, 6) is 0.878. The fraction of sp³-hybridized carbons (Fsp3) is 0.450. The Morgan fingerprint density at radius 3 is 2.88 bits per heavy atom. The molecule has 134 valence electrons. The number of nitrogens with one attached hydrogen (secondary N) is 1. The summed E-state index contributed by atoms with van der Waals surface area (Å²) in [6.07, 6.45) is 3.21. The summed E-state index contributed by atoms with van der Waals surface area (Å²) >= 11 is 1.71. The second kappa shape index (κ2) is 8.02. The van der Waals surface area contributed by atoms with Crippen molar-refractivity contribution in [2.45, 2.75) is 45.6 Å². The van der Waals surface area contributed by atoms with Crippen LogP contribution in [-0.2, 0) is 17.6 Å². The topological polar surface area (TPSA) is 58.6 Å². The molecule has 1 heterocycles. The van der Waals surface area contributed by atoms with Gasteiger partial charge in [0.2, 0.25) is 5.91 Å². The van der Waals surface area contributed by atoms with E-state index in [2.05, 4.69) is 23.5 Å². The summed E-state index contributed by atoms with van der Waals surface area (Å²) < 4.78 is 5.81. The van der Waals surface area contributed by atoms with Crippen molar-refractivity contribution in [2.75, 3.05) is 13.2 Å². The average Bonchev–Trinajstić information content (AvgIpc) is 3.05. The maximum absolute atomic E-state index is 10.8. The molecule has 25 heavy (non-hydrogen) atoms. The second-order valence-corrected chi connectivity index (χ2v) is 7.51. The quantitative estimate of drug-likeness (QED) is 0.738. The highest BCUT2D eigenvalue weighted by Gasteiger charge is 2.21. The van der Waals surface area contributed by atoms with Crippen molar-refractivity contribution in [1.29, 1.82) is 0 Å². The number of hydrogen-bond acceptors (Lipinski definition) is 4. The standard InChI is InChI=1S/C20H25NO3S/c1-3-18(23)19-12-15-6-5-14-11-16(7-8-17(14)20(15)25-19)24-10-4-9-21-13(2)22/h7-8,11-12,18,23H,3-6,9-10H2,1-2H3,(H,21,22). The van der Waals surface area contributed by atoms with Gasteiger partial charge in [-0.1, -0.05) is 6.92 Å². The lowest BCUT2D eigenvalue weighted by molar-refractivity contribution is -0.118. The van der Waals surface area contributed by atoms with Crippen LogP contribution in [0.3, 0.4) is 0 Å². The number of ether oxygens (including phenoxy) is 1. The lowest BCUT2D eigenvalue weighted by atomic mass is 9.91. The minimum atomic E-state index is -0.356. The Morgan fingerprint density at radius 1 is 1.32 bits per heavy atom. The third-order valence-corrected chi connectivity index (χ3v) is 5.80. The van der Waals surface area contributed by atoms with E-state index in [1.807, 2.05) is 13.0 Å². The molecule has 0 radical (unpaired) electrons. The number of carbonyl (C=O) groups is 1. The summed E-state index contributed by atoms with van der Waals surface area (Å²) in [5.41, 5.74) is 3.93. The molecule has 1 unspecified atom stereocenters. The minimum Gasteiger partial charge on any atom is -0.494 e. The first-order chi connectivity index (χ1) is 12.1. The number of benzene rings is 1. The maximum Gasteiger partial charge on any atom is 0.216 e. The van der Waals surface area contributed by atoms with E-state index in [0.717, 1.165) is 36.3 Å². The first-order valence-electron chi connectivity index (χ1n) is 8.89. The zero-order valence-corrected chi connectivity index (χ0v) is 15.6. The van der Waals surface area contributed by atoms with Crippen molar-refractivity contribution in [3.63, 3.8) is 0 Å². The van der Waals surface area contributed by atoms with E-state index in [1.54, 1.807) is 11.3 Å². The summed E-state index contributed by atoms with van der Waals surface area (Å²) in [6, 6.07) is 8.45. The lowest BCUT2D eigenvalue weighted by Gasteiger charge is -2.17. The first kappa shape index (κ1) is 18.0. The zero-order chi connectivity index (χ0) is 17.8. The number of carbonyl (C=O) groups excluding carboxylic acids is 1. The van der Waals surface area contributed by atoms with Crippen molar-refractivity contribution < 1.29 is 14.6 Å². The van der Waals surface area contributed by atoms with Crippen molar-refractivity contribution in [3.8, 4) is 16.2 Å². The van der Waals surface area contributed by atoms with Gasteiger partial charge in [-0.05, 0) is 66.6 Å². The molecule has 5 heteroatoms. The third kappa shape index (κ3) is 4.22. The number of aliphatic hydroxyl groups excluding tert-OH is 1. The van der Waals surface area contributed by atoms with Crippen molar-refractivity contribution in [2.24, 2.45) is 0 Å². The fourth-order valence-corrected chi connectivity index (χ4v) is 4.45. The van der Waals surface area contributed by atoms with Crippen LogP contribution in [0.2, 0.25) is 0 Å². The van der Waals surface area contributed by atoms with Gasteiger partial charge >= 0.3 is 0 Å². The van der Waals surface area contributed by atoms with Crippen LogP contribution in [0.1, 0.15) is 48.8 Å². The number of amides is 1. The molecule has 0 aliphatic heterocycles. The minimum absolute atomic E-state index is 0.00639. The van der Waals surface area contributed by atoms with Gasteiger partial charge in [-0.15, -0.1) is 11.3 Å². The van der Waals surface area contributed by atoms with E-state index in [1.165, 1.54) is 28.5 Å². The molecule has 0 bridgehead atoms. The zero-order valence-electron chi connectivity index (χ0n) is 14.8. The molecule has 1 aromatic heterocycles. The van der Waals surface area contributed by atoms with Gasteiger partial charge in [-0.2, -0.15) is 0 Å². The third-order valence-electron chi connectivity index (χ3n) is 4.49. The number of hydrogen-bond donors (Lipinski definition) is 2. The molecular weight excluding hydrogens is 334 g/mol. The molecule has 0 fully saturated rings. The molecule has 2 aromatic rings. The molecule has 2 N–H and O–H groups in total. The predicted octanol–water partition coefficient (Wildman–Crippen LogP) is 3.86. The van der Waals surface area contributed by atoms with Gasteiger partial charge in [-0.25, -0.2) is 0 Å². The normalized spacial score (nSPS) is 13.7. The van der Waals surface area contributed by atoms with Crippen LogP contribution < -0.4 is 10.1 Å². The van der Waals surface area contributed by atoms with E-state index in [9.17, 15) is 9.90 Å². The highest BCUT2D eigenvalue weighted by Crippen LogP contribution is 2.42. The lowest BCUT2D eigenvalue weighted by Crippen LogP contribution is -2.22. The highest BCUT2D eigenvalue weighted by molar-refractivity contribution is 7.15. The average molecular weight is 359 g/mol.